The largest absolute Gasteiger partial charge is 0.416 e. The highest BCUT2D eigenvalue weighted by Gasteiger charge is 2.31. The Labute approximate surface area is 203 Å². The molecule has 0 radical (unpaired) electrons. The predicted molar refractivity (Wildman–Crippen MR) is 124 cm³/mol. The number of aromatic nitrogens is 3. The molecule has 7 nitrogen and oxygen atoms in total. The van der Waals surface area contributed by atoms with Crippen LogP contribution in [-0.2, 0) is 18.0 Å². The number of carbonyl (C=O) groups is 2. The van der Waals surface area contributed by atoms with Crippen LogP contribution in [0.15, 0.2) is 47.6 Å². The Hall–Kier alpha value is -3.05. The van der Waals surface area contributed by atoms with Gasteiger partial charge in [-0.25, -0.2) is 0 Å². The fraction of sp³-hybridized carbons (Fsp3) is 0.273. The van der Waals surface area contributed by atoms with E-state index in [0.717, 1.165) is 35.5 Å². The molecule has 0 bridgehead atoms. The summed E-state index contributed by atoms with van der Waals surface area (Å²) in [5, 5.41) is 13.8. The molecule has 12 heteroatoms. The molecule has 1 heterocycles. The number of hydrogen-bond acceptors (Lipinski definition) is 5. The number of hydrogen-bond donors (Lipinski definition) is 2. The third-order valence-corrected chi connectivity index (χ3v) is 6.13. The van der Waals surface area contributed by atoms with Crippen molar-refractivity contribution in [2.75, 3.05) is 11.1 Å². The highest BCUT2D eigenvalue weighted by atomic mass is 35.5. The number of benzene rings is 2. The second-order valence-corrected chi connectivity index (χ2v) is 8.84. The van der Waals surface area contributed by atoms with Crippen LogP contribution >= 0.6 is 23.4 Å². The van der Waals surface area contributed by atoms with E-state index in [2.05, 4.69) is 20.8 Å². The first-order chi connectivity index (χ1) is 16.0. The lowest BCUT2D eigenvalue weighted by Gasteiger charge is -2.14. The van der Waals surface area contributed by atoms with Gasteiger partial charge >= 0.3 is 6.18 Å². The fourth-order valence-electron chi connectivity index (χ4n) is 3.07. The van der Waals surface area contributed by atoms with Gasteiger partial charge in [-0.05, 0) is 44.2 Å². The highest BCUT2D eigenvalue weighted by molar-refractivity contribution is 7.99. The number of aryl methyl sites for hydroxylation is 1. The standard InChI is InChI=1S/C22H21ClF3N5O2S/c1-12-5-4-6-14(9-12)20(33)27-13(2)19-29-30-21(31(19)3)34-11-18(32)28-17-10-15(22(24,25)26)7-8-16(17)23/h4-10,13H,11H2,1-3H3,(H,27,33)(H,28,32). The van der Waals surface area contributed by atoms with Crippen LogP contribution in [0.5, 0.6) is 0 Å². The first-order valence-electron chi connectivity index (χ1n) is 10.0. The first kappa shape index (κ1) is 25.6. The smallest absolute Gasteiger partial charge is 0.342 e. The molecule has 1 unspecified atom stereocenters. The third kappa shape index (κ3) is 6.29. The van der Waals surface area contributed by atoms with E-state index in [1.54, 1.807) is 36.7 Å². The summed E-state index contributed by atoms with van der Waals surface area (Å²) in [6.07, 6.45) is -4.56. The Kier molecular flexibility index (Phi) is 7.88. The van der Waals surface area contributed by atoms with Crippen LogP contribution in [0.3, 0.4) is 0 Å². The quantitative estimate of drug-likeness (QED) is 0.435. The SMILES string of the molecule is Cc1cccc(C(=O)NC(C)c2nnc(SCC(=O)Nc3cc(C(F)(F)F)ccc3Cl)n2C)c1. The van der Waals surface area contributed by atoms with E-state index in [0.29, 0.717) is 16.5 Å². The minimum atomic E-state index is -4.56. The number of alkyl halides is 3. The maximum atomic E-state index is 12.9. The number of nitrogens with one attached hydrogen (secondary N) is 2. The van der Waals surface area contributed by atoms with Crippen molar-refractivity contribution in [3.8, 4) is 0 Å². The van der Waals surface area contributed by atoms with Gasteiger partial charge in [-0.2, -0.15) is 13.2 Å². The topological polar surface area (TPSA) is 88.9 Å². The molecule has 0 fully saturated rings. The Morgan fingerprint density at radius 2 is 1.91 bits per heavy atom. The number of anilines is 1. The van der Waals surface area contributed by atoms with Crippen molar-refractivity contribution in [1.29, 1.82) is 0 Å². The second-order valence-electron chi connectivity index (χ2n) is 7.49. The number of halogens is 4. The Bertz CT molecular complexity index is 1220. The minimum Gasteiger partial charge on any atom is -0.342 e. The Morgan fingerprint density at radius 3 is 2.59 bits per heavy atom. The lowest BCUT2D eigenvalue weighted by molar-refractivity contribution is -0.137. The van der Waals surface area contributed by atoms with E-state index in [9.17, 15) is 22.8 Å². The van der Waals surface area contributed by atoms with E-state index < -0.39 is 23.7 Å². The molecule has 180 valence electrons. The number of rotatable bonds is 7. The third-order valence-electron chi connectivity index (χ3n) is 4.78. The molecule has 3 rings (SSSR count). The van der Waals surface area contributed by atoms with Crippen LogP contribution in [0.4, 0.5) is 18.9 Å². The van der Waals surface area contributed by atoms with Crippen molar-refractivity contribution >= 4 is 40.9 Å². The average molecular weight is 512 g/mol. The zero-order valence-electron chi connectivity index (χ0n) is 18.4. The van der Waals surface area contributed by atoms with Crippen LogP contribution in [0.1, 0.15) is 40.3 Å². The lowest BCUT2D eigenvalue weighted by atomic mass is 10.1. The van der Waals surface area contributed by atoms with E-state index >= 15 is 0 Å². The average Bonchev–Trinajstić information content (AvgIpc) is 3.13. The lowest BCUT2D eigenvalue weighted by Crippen LogP contribution is -2.28. The molecule has 0 aliphatic heterocycles. The molecule has 1 atom stereocenters. The fourth-order valence-corrected chi connectivity index (χ4v) is 3.96. The van der Waals surface area contributed by atoms with Crippen molar-refractivity contribution in [3.63, 3.8) is 0 Å². The Balaban J connectivity index is 1.61. The summed E-state index contributed by atoms with van der Waals surface area (Å²) < 4.78 is 40.4. The normalized spacial score (nSPS) is 12.3. The molecule has 34 heavy (non-hydrogen) atoms. The van der Waals surface area contributed by atoms with Gasteiger partial charge in [-0.15, -0.1) is 10.2 Å². The maximum Gasteiger partial charge on any atom is 0.416 e. The van der Waals surface area contributed by atoms with Gasteiger partial charge in [0.1, 0.15) is 0 Å². The van der Waals surface area contributed by atoms with Gasteiger partial charge in [0.15, 0.2) is 11.0 Å². The molecule has 0 aliphatic rings. The van der Waals surface area contributed by atoms with Crippen LogP contribution in [0.2, 0.25) is 5.02 Å². The van der Waals surface area contributed by atoms with Gasteiger partial charge in [-0.1, -0.05) is 41.1 Å². The van der Waals surface area contributed by atoms with Gasteiger partial charge in [0.25, 0.3) is 5.91 Å². The summed E-state index contributed by atoms with van der Waals surface area (Å²) >= 11 is 6.96. The van der Waals surface area contributed by atoms with Crippen LogP contribution in [-0.4, -0.2) is 32.3 Å². The zero-order chi connectivity index (χ0) is 25.0. The van der Waals surface area contributed by atoms with Crippen LogP contribution in [0.25, 0.3) is 0 Å². The van der Waals surface area contributed by atoms with E-state index in [1.165, 1.54) is 0 Å². The summed E-state index contributed by atoms with van der Waals surface area (Å²) in [6.45, 7) is 3.65. The van der Waals surface area contributed by atoms with Crippen molar-refractivity contribution in [2.45, 2.75) is 31.2 Å². The molecule has 0 spiro atoms. The Morgan fingerprint density at radius 1 is 1.18 bits per heavy atom. The molecule has 2 amide bonds. The minimum absolute atomic E-state index is 0.00882. The van der Waals surface area contributed by atoms with Gasteiger partial charge in [0, 0.05) is 12.6 Å². The molecule has 0 saturated heterocycles. The number of amides is 2. The first-order valence-corrected chi connectivity index (χ1v) is 11.4. The molecule has 2 N–H and O–H groups in total. The van der Waals surface area contributed by atoms with E-state index in [-0.39, 0.29) is 22.4 Å². The number of thioether (sulfide) groups is 1. The van der Waals surface area contributed by atoms with E-state index in [1.807, 2.05) is 13.0 Å². The maximum absolute atomic E-state index is 12.9. The highest BCUT2D eigenvalue weighted by Crippen LogP contribution is 2.34. The van der Waals surface area contributed by atoms with E-state index in [4.69, 9.17) is 11.6 Å². The molecular formula is C22H21ClF3N5O2S. The van der Waals surface area contributed by atoms with Gasteiger partial charge in [0.05, 0.1) is 28.1 Å². The van der Waals surface area contributed by atoms with Crippen LogP contribution < -0.4 is 10.6 Å². The van der Waals surface area contributed by atoms with Gasteiger partial charge < -0.3 is 15.2 Å². The summed E-state index contributed by atoms with van der Waals surface area (Å²) in [4.78, 5) is 24.8. The molecule has 3 aromatic rings. The zero-order valence-corrected chi connectivity index (χ0v) is 20.0. The monoisotopic (exact) mass is 511 g/mol. The summed E-state index contributed by atoms with van der Waals surface area (Å²) in [6, 6.07) is 9.41. The van der Waals surface area contributed by atoms with Crippen molar-refractivity contribution in [3.05, 3.63) is 70.0 Å². The van der Waals surface area contributed by atoms with Gasteiger partial charge in [-0.3, -0.25) is 9.59 Å². The van der Waals surface area contributed by atoms with Gasteiger partial charge in [0.2, 0.25) is 5.91 Å². The molecule has 0 saturated carbocycles. The second kappa shape index (κ2) is 10.5. The van der Waals surface area contributed by atoms with Crippen molar-refractivity contribution in [2.24, 2.45) is 7.05 Å². The van der Waals surface area contributed by atoms with Crippen molar-refractivity contribution < 1.29 is 22.8 Å². The van der Waals surface area contributed by atoms with Crippen molar-refractivity contribution in [1.82, 2.24) is 20.1 Å². The summed E-state index contributed by atoms with van der Waals surface area (Å²) in [5.41, 5.74) is 0.434. The molecular weight excluding hydrogens is 491 g/mol. The number of nitrogens with zero attached hydrogens (tertiary/aromatic N) is 3. The molecule has 1 aromatic heterocycles. The van der Waals surface area contributed by atoms with Crippen LogP contribution in [0, 0.1) is 6.92 Å². The predicted octanol–water partition coefficient (Wildman–Crippen LogP) is 5.02. The molecule has 2 aromatic carbocycles. The number of carbonyl (C=O) groups excluding carboxylic acids is 2. The molecule has 0 aliphatic carbocycles. The summed E-state index contributed by atoms with van der Waals surface area (Å²) in [5.74, 6) is -0.477. The summed E-state index contributed by atoms with van der Waals surface area (Å²) in [7, 11) is 1.69.